The topological polar surface area (TPSA) is 29.5 Å². The summed E-state index contributed by atoms with van der Waals surface area (Å²) in [6.45, 7) is 6.39. The summed E-state index contributed by atoms with van der Waals surface area (Å²) in [5, 5.41) is 8.68. The molecule has 18 heavy (non-hydrogen) atoms. The van der Waals surface area contributed by atoms with Crippen molar-refractivity contribution in [3.05, 3.63) is 29.3 Å². The Morgan fingerprint density at radius 1 is 1.39 bits per heavy atom. The van der Waals surface area contributed by atoms with Gasteiger partial charge in [0.05, 0.1) is 12.7 Å². The van der Waals surface area contributed by atoms with Gasteiger partial charge in [-0.1, -0.05) is 25.2 Å². The summed E-state index contributed by atoms with van der Waals surface area (Å²) in [6, 6.07) is 5.96. The summed E-state index contributed by atoms with van der Waals surface area (Å²) in [6.07, 6.45) is 2.97. The van der Waals surface area contributed by atoms with Crippen LogP contribution in [0.25, 0.3) is 0 Å². The molecule has 0 aliphatic carbocycles. The summed E-state index contributed by atoms with van der Waals surface area (Å²) >= 11 is 0. The normalized spacial score (nSPS) is 11.6. The second-order valence-corrected chi connectivity index (χ2v) is 4.47. The molecular weight excluding hydrogens is 224 g/mol. The van der Waals surface area contributed by atoms with Crippen LogP contribution in [0.5, 0.6) is 5.75 Å². The van der Waals surface area contributed by atoms with Gasteiger partial charge in [0.15, 0.2) is 0 Å². The molecule has 0 aromatic heterocycles. The maximum Gasteiger partial charge on any atom is 0.120 e. The maximum atomic E-state index is 8.68. The van der Waals surface area contributed by atoms with Gasteiger partial charge in [0.1, 0.15) is 5.75 Å². The van der Waals surface area contributed by atoms with E-state index in [0.29, 0.717) is 6.42 Å². The van der Waals surface area contributed by atoms with Crippen LogP contribution in [0.2, 0.25) is 0 Å². The fourth-order valence-corrected chi connectivity index (χ4v) is 1.76. The first kappa shape index (κ1) is 14.6. The zero-order valence-corrected chi connectivity index (χ0v) is 11.5. The highest BCUT2D eigenvalue weighted by Gasteiger charge is 2.04. The molecule has 1 aromatic rings. The van der Waals surface area contributed by atoms with Crippen LogP contribution in [0.3, 0.4) is 0 Å². The highest BCUT2D eigenvalue weighted by atomic mass is 16.5. The average Bonchev–Trinajstić information content (AvgIpc) is 2.32. The molecule has 0 fully saturated rings. The fourth-order valence-electron chi connectivity index (χ4n) is 1.76. The van der Waals surface area contributed by atoms with E-state index in [1.165, 1.54) is 0 Å². The molecule has 2 heteroatoms. The van der Waals surface area contributed by atoms with Crippen LogP contribution in [-0.4, -0.2) is 17.8 Å². The fraction of sp³-hybridized carbons (Fsp3) is 0.500. The lowest BCUT2D eigenvalue weighted by Gasteiger charge is -2.14. The van der Waals surface area contributed by atoms with Crippen molar-refractivity contribution in [3.63, 3.8) is 0 Å². The minimum Gasteiger partial charge on any atom is -0.491 e. The third kappa shape index (κ3) is 4.81. The molecule has 98 valence electrons. The number of aliphatic hydroxyl groups excluding tert-OH is 1. The highest BCUT2D eigenvalue weighted by Crippen LogP contribution is 2.19. The van der Waals surface area contributed by atoms with Gasteiger partial charge >= 0.3 is 0 Å². The number of ether oxygens (including phenoxy) is 1. The molecule has 0 amide bonds. The molecule has 1 unspecified atom stereocenters. The highest BCUT2D eigenvalue weighted by molar-refractivity contribution is 5.44. The lowest BCUT2D eigenvalue weighted by atomic mass is 10.1. The molecule has 2 nitrogen and oxygen atoms in total. The number of benzene rings is 1. The third-order valence-corrected chi connectivity index (χ3v) is 2.69. The van der Waals surface area contributed by atoms with Crippen molar-refractivity contribution in [2.75, 3.05) is 6.61 Å². The van der Waals surface area contributed by atoms with E-state index in [9.17, 15) is 0 Å². The zero-order valence-electron chi connectivity index (χ0n) is 11.5. The van der Waals surface area contributed by atoms with Crippen LogP contribution in [0.1, 0.15) is 44.2 Å². The van der Waals surface area contributed by atoms with Crippen LogP contribution in [0, 0.1) is 18.8 Å². The van der Waals surface area contributed by atoms with Gasteiger partial charge in [-0.3, -0.25) is 0 Å². The van der Waals surface area contributed by atoms with Gasteiger partial charge in [-0.05, 0) is 44.0 Å². The molecular formula is C16H22O2. The van der Waals surface area contributed by atoms with E-state index in [1.54, 1.807) is 0 Å². The Morgan fingerprint density at radius 3 is 2.78 bits per heavy atom. The van der Waals surface area contributed by atoms with Gasteiger partial charge in [0.25, 0.3) is 0 Å². The summed E-state index contributed by atoms with van der Waals surface area (Å²) in [4.78, 5) is 0. The van der Waals surface area contributed by atoms with Gasteiger partial charge in [-0.15, -0.1) is 0 Å². The average molecular weight is 246 g/mol. The van der Waals surface area contributed by atoms with E-state index in [-0.39, 0.29) is 12.7 Å². The van der Waals surface area contributed by atoms with Crippen LogP contribution in [-0.2, 0) is 0 Å². The van der Waals surface area contributed by atoms with Crippen LogP contribution in [0.4, 0.5) is 0 Å². The lowest BCUT2D eigenvalue weighted by molar-refractivity contribution is 0.210. The molecule has 0 aliphatic rings. The van der Waals surface area contributed by atoms with E-state index in [4.69, 9.17) is 9.84 Å². The summed E-state index contributed by atoms with van der Waals surface area (Å²) < 4.78 is 5.83. The molecule has 0 saturated carbocycles. The van der Waals surface area contributed by atoms with Crippen LogP contribution < -0.4 is 4.74 Å². The second kappa shape index (κ2) is 7.79. The van der Waals surface area contributed by atoms with Crippen molar-refractivity contribution in [1.82, 2.24) is 0 Å². The smallest absolute Gasteiger partial charge is 0.120 e. The molecule has 0 aliphatic heterocycles. The van der Waals surface area contributed by atoms with Crippen molar-refractivity contribution >= 4 is 0 Å². The predicted octanol–water partition coefficient (Wildman–Crippen LogP) is 3.30. The number of rotatable bonds is 5. The Morgan fingerprint density at radius 2 is 2.17 bits per heavy atom. The van der Waals surface area contributed by atoms with Crippen LogP contribution in [0.15, 0.2) is 18.2 Å². The first-order valence-corrected chi connectivity index (χ1v) is 6.54. The van der Waals surface area contributed by atoms with Gasteiger partial charge in [-0.2, -0.15) is 0 Å². The van der Waals surface area contributed by atoms with Crippen LogP contribution >= 0.6 is 0 Å². The lowest BCUT2D eigenvalue weighted by Crippen LogP contribution is -2.11. The molecule has 1 N–H and O–H groups in total. The number of aliphatic hydroxyl groups is 1. The van der Waals surface area contributed by atoms with Crippen molar-refractivity contribution < 1.29 is 9.84 Å². The summed E-state index contributed by atoms with van der Waals surface area (Å²) in [5.74, 6) is 6.89. The molecule has 1 rings (SSSR count). The van der Waals surface area contributed by atoms with Crippen molar-refractivity contribution in [2.24, 2.45) is 0 Å². The van der Waals surface area contributed by atoms with Gasteiger partial charge in [-0.25, -0.2) is 0 Å². The Labute approximate surface area is 110 Å². The minimum absolute atomic E-state index is 0.113. The number of aryl methyl sites for hydroxylation is 1. The molecule has 1 aromatic carbocycles. The van der Waals surface area contributed by atoms with Gasteiger partial charge < -0.3 is 9.84 Å². The SMILES string of the molecule is CCCC(C)Oc1ccc(C#CCCO)c(C)c1. The van der Waals surface area contributed by atoms with E-state index < -0.39 is 0 Å². The molecule has 0 saturated heterocycles. The van der Waals surface area contributed by atoms with Crippen molar-refractivity contribution in [3.8, 4) is 17.6 Å². The second-order valence-electron chi connectivity index (χ2n) is 4.47. The van der Waals surface area contributed by atoms with E-state index >= 15 is 0 Å². The number of hydrogen-bond acceptors (Lipinski definition) is 2. The Bertz CT molecular complexity index is 426. The standard InChI is InChI=1S/C16H22O2/c1-4-7-14(3)18-16-10-9-15(13(2)12-16)8-5-6-11-17/h9-10,12,14,17H,4,6-7,11H2,1-3H3. The van der Waals surface area contributed by atoms with E-state index in [0.717, 1.165) is 29.7 Å². The predicted molar refractivity (Wildman–Crippen MR) is 74.8 cm³/mol. The largest absolute Gasteiger partial charge is 0.491 e. The summed E-state index contributed by atoms with van der Waals surface area (Å²) in [5.41, 5.74) is 2.11. The molecule has 0 bridgehead atoms. The maximum absolute atomic E-state index is 8.68. The van der Waals surface area contributed by atoms with E-state index in [2.05, 4.69) is 25.7 Å². The first-order chi connectivity index (χ1) is 8.67. The molecule has 0 radical (unpaired) electrons. The van der Waals surface area contributed by atoms with Crippen molar-refractivity contribution in [1.29, 1.82) is 0 Å². The zero-order chi connectivity index (χ0) is 13.4. The third-order valence-electron chi connectivity index (χ3n) is 2.69. The van der Waals surface area contributed by atoms with Gasteiger partial charge in [0, 0.05) is 12.0 Å². The quantitative estimate of drug-likeness (QED) is 0.808. The van der Waals surface area contributed by atoms with Gasteiger partial charge in [0.2, 0.25) is 0 Å². The van der Waals surface area contributed by atoms with E-state index in [1.807, 2.05) is 25.1 Å². The molecule has 0 spiro atoms. The first-order valence-electron chi connectivity index (χ1n) is 6.54. The number of hydrogen-bond donors (Lipinski definition) is 1. The van der Waals surface area contributed by atoms with Crippen molar-refractivity contribution in [2.45, 2.75) is 46.1 Å². The molecule has 0 heterocycles. The Kier molecular flexibility index (Phi) is 6.32. The Hall–Kier alpha value is -1.46. The Balaban J connectivity index is 2.71. The molecule has 1 atom stereocenters. The monoisotopic (exact) mass is 246 g/mol. The minimum atomic E-state index is 0.113. The summed E-state index contributed by atoms with van der Waals surface area (Å²) in [7, 11) is 0.